The van der Waals surface area contributed by atoms with E-state index in [4.69, 9.17) is 5.11 Å². The zero-order chi connectivity index (χ0) is 11.4. The van der Waals surface area contributed by atoms with Crippen LogP contribution in [0.2, 0.25) is 0 Å². The van der Waals surface area contributed by atoms with E-state index in [0.29, 0.717) is 0 Å². The first kappa shape index (κ1) is 11.4. The van der Waals surface area contributed by atoms with Crippen molar-refractivity contribution < 1.29 is 5.11 Å². The number of nitrogens with zero attached hydrogens (tertiary/aromatic N) is 1. The van der Waals surface area contributed by atoms with E-state index in [1.165, 1.54) is 0 Å². The number of aliphatic hydroxyl groups is 1. The summed E-state index contributed by atoms with van der Waals surface area (Å²) in [6.07, 6.45) is 0. The first-order valence-corrected chi connectivity index (χ1v) is 4.61. The normalized spacial score (nSPS) is 14.6. The average molecular weight is 214 g/mol. The van der Waals surface area contributed by atoms with Gasteiger partial charge in [0.15, 0.2) is 0 Å². The van der Waals surface area contributed by atoms with Crippen LogP contribution < -0.4 is 16.6 Å². The Morgan fingerprint density at radius 2 is 2.13 bits per heavy atom. The highest BCUT2D eigenvalue weighted by Gasteiger charge is 2.13. The van der Waals surface area contributed by atoms with Gasteiger partial charge >= 0.3 is 5.69 Å². The van der Waals surface area contributed by atoms with Gasteiger partial charge in [-0.3, -0.25) is 9.78 Å². The Kier molecular flexibility index (Phi) is 3.62. The lowest BCUT2D eigenvalue weighted by atomic mass is 10.1. The second-order valence-electron chi connectivity index (χ2n) is 3.45. The summed E-state index contributed by atoms with van der Waals surface area (Å²) in [5.74, 6) is 0.0283. The first-order valence-electron chi connectivity index (χ1n) is 4.61. The fourth-order valence-corrected chi connectivity index (χ4v) is 0.962. The molecule has 0 aliphatic rings. The fraction of sp³-hybridized carbons (Fsp3) is 0.625. The summed E-state index contributed by atoms with van der Waals surface area (Å²) in [5.41, 5.74) is -1.22. The third-order valence-electron chi connectivity index (χ3n) is 2.22. The topological polar surface area (TPSA) is 111 Å². The van der Waals surface area contributed by atoms with Gasteiger partial charge in [0.2, 0.25) is 5.82 Å². The molecule has 0 radical (unpaired) electrons. The summed E-state index contributed by atoms with van der Waals surface area (Å²) in [4.78, 5) is 23.9. The van der Waals surface area contributed by atoms with Gasteiger partial charge < -0.3 is 10.4 Å². The number of aromatic amines is 2. The lowest BCUT2D eigenvalue weighted by Gasteiger charge is -2.18. The zero-order valence-corrected chi connectivity index (χ0v) is 8.57. The molecule has 1 heterocycles. The van der Waals surface area contributed by atoms with E-state index in [-0.39, 0.29) is 24.4 Å². The van der Waals surface area contributed by atoms with Crippen molar-refractivity contribution in [1.82, 2.24) is 15.2 Å². The lowest BCUT2D eigenvalue weighted by Crippen LogP contribution is -2.33. The van der Waals surface area contributed by atoms with Crippen LogP contribution in [-0.2, 0) is 0 Å². The molecule has 4 N–H and O–H groups in total. The van der Waals surface area contributed by atoms with Gasteiger partial charge in [-0.15, -0.1) is 5.10 Å². The van der Waals surface area contributed by atoms with Crippen LogP contribution in [0, 0.1) is 5.92 Å². The Hall–Kier alpha value is -1.63. The SMILES string of the molecule is CC(CO)C(C)Nc1n[nH]c(=O)[nH]c1=O. The van der Waals surface area contributed by atoms with Gasteiger partial charge in [0.05, 0.1) is 0 Å². The minimum absolute atomic E-state index is 0.00935. The maximum Gasteiger partial charge on any atom is 0.342 e. The van der Waals surface area contributed by atoms with Crippen LogP contribution in [0.1, 0.15) is 13.8 Å². The van der Waals surface area contributed by atoms with Crippen LogP contribution in [0.15, 0.2) is 9.59 Å². The second-order valence-corrected chi connectivity index (χ2v) is 3.45. The molecule has 2 unspecified atom stereocenters. The molecule has 0 aromatic carbocycles. The summed E-state index contributed by atoms with van der Waals surface area (Å²) in [6.45, 7) is 3.65. The fourth-order valence-electron chi connectivity index (χ4n) is 0.962. The summed E-state index contributed by atoms with van der Waals surface area (Å²) in [5, 5.41) is 17.4. The molecule has 1 rings (SSSR count). The van der Waals surface area contributed by atoms with Crippen molar-refractivity contribution in [2.24, 2.45) is 5.92 Å². The molecule has 0 amide bonds. The summed E-state index contributed by atoms with van der Waals surface area (Å²) in [7, 11) is 0. The van der Waals surface area contributed by atoms with Crippen LogP contribution >= 0.6 is 0 Å². The zero-order valence-electron chi connectivity index (χ0n) is 8.57. The minimum atomic E-state index is -0.645. The molecule has 0 aliphatic heterocycles. The molecular formula is C8H14N4O3. The maximum atomic E-state index is 11.2. The van der Waals surface area contributed by atoms with Gasteiger partial charge in [0.1, 0.15) is 0 Å². The van der Waals surface area contributed by atoms with Crippen molar-refractivity contribution in [1.29, 1.82) is 0 Å². The Balaban J connectivity index is 2.81. The molecule has 7 nitrogen and oxygen atoms in total. The van der Waals surface area contributed by atoms with E-state index in [1.807, 2.05) is 18.8 Å². The number of aliphatic hydroxyl groups excluding tert-OH is 1. The molecule has 0 saturated heterocycles. The number of anilines is 1. The molecule has 0 saturated carbocycles. The monoisotopic (exact) mass is 214 g/mol. The van der Waals surface area contributed by atoms with Crippen LogP contribution in [0.25, 0.3) is 0 Å². The lowest BCUT2D eigenvalue weighted by molar-refractivity contribution is 0.226. The highest BCUT2D eigenvalue weighted by atomic mass is 16.3. The Morgan fingerprint density at radius 1 is 1.47 bits per heavy atom. The molecule has 0 spiro atoms. The Labute approximate surface area is 85.6 Å². The van der Waals surface area contributed by atoms with Crippen molar-refractivity contribution in [3.63, 3.8) is 0 Å². The molecule has 1 aromatic rings. The van der Waals surface area contributed by atoms with Gasteiger partial charge in [0, 0.05) is 12.6 Å². The predicted octanol–water partition coefficient (Wildman–Crippen LogP) is -1.11. The van der Waals surface area contributed by atoms with E-state index in [2.05, 4.69) is 15.5 Å². The average Bonchev–Trinajstić information content (AvgIpc) is 2.20. The molecule has 2 atom stereocenters. The third-order valence-corrected chi connectivity index (χ3v) is 2.22. The molecule has 0 bridgehead atoms. The van der Waals surface area contributed by atoms with Crippen molar-refractivity contribution >= 4 is 5.82 Å². The third kappa shape index (κ3) is 2.91. The van der Waals surface area contributed by atoms with Gasteiger partial charge in [0.25, 0.3) is 5.56 Å². The van der Waals surface area contributed by atoms with E-state index < -0.39 is 11.2 Å². The van der Waals surface area contributed by atoms with E-state index in [0.717, 1.165) is 0 Å². The highest BCUT2D eigenvalue weighted by molar-refractivity contribution is 5.30. The Bertz CT molecular complexity index is 424. The van der Waals surface area contributed by atoms with Crippen LogP contribution in [0.4, 0.5) is 5.82 Å². The van der Waals surface area contributed by atoms with Crippen LogP contribution in [0.5, 0.6) is 0 Å². The predicted molar refractivity (Wildman–Crippen MR) is 54.8 cm³/mol. The molecule has 84 valence electrons. The van der Waals surface area contributed by atoms with Gasteiger partial charge in [-0.05, 0) is 12.8 Å². The quantitative estimate of drug-likeness (QED) is 0.507. The number of nitrogens with one attached hydrogen (secondary N) is 3. The van der Waals surface area contributed by atoms with Gasteiger partial charge in [-0.25, -0.2) is 9.89 Å². The van der Waals surface area contributed by atoms with Crippen LogP contribution in [-0.4, -0.2) is 32.9 Å². The second kappa shape index (κ2) is 4.74. The molecule has 1 aromatic heterocycles. The smallest absolute Gasteiger partial charge is 0.342 e. The van der Waals surface area contributed by atoms with Crippen LogP contribution in [0.3, 0.4) is 0 Å². The van der Waals surface area contributed by atoms with Crippen molar-refractivity contribution in [2.75, 3.05) is 11.9 Å². The molecule has 0 aliphatic carbocycles. The van der Waals surface area contributed by atoms with Gasteiger partial charge in [-0.2, -0.15) is 0 Å². The van der Waals surface area contributed by atoms with Crippen molar-refractivity contribution in [3.05, 3.63) is 20.8 Å². The van der Waals surface area contributed by atoms with E-state index >= 15 is 0 Å². The number of rotatable bonds is 4. The number of hydrogen-bond donors (Lipinski definition) is 4. The minimum Gasteiger partial charge on any atom is -0.396 e. The first-order chi connectivity index (χ1) is 7.04. The molecule has 15 heavy (non-hydrogen) atoms. The number of hydrogen-bond acceptors (Lipinski definition) is 5. The number of H-pyrrole nitrogens is 2. The van der Waals surface area contributed by atoms with Crippen molar-refractivity contribution in [2.45, 2.75) is 19.9 Å². The highest BCUT2D eigenvalue weighted by Crippen LogP contribution is 2.04. The Morgan fingerprint density at radius 3 is 2.67 bits per heavy atom. The van der Waals surface area contributed by atoms with Crippen molar-refractivity contribution in [3.8, 4) is 0 Å². The van der Waals surface area contributed by atoms with E-state index in [1.54, 1.807) is 0 Å². The summed E-state index contributed by atoms with van der Waals surface area (Å²) in [6, 6.07) is -0.116. The standard InChI is InChI=1S/C8H14N4O3/c1-4(3-13)5(2)9-6-7(14)10-8(15)12-11-6/h4-5,13H,3H2,1-2H3,(H,9,11)(H2,10,12,14,15). The molecular weight excluding hydrogens is 200 g/mol. The molecule has 0 fully saturated rings. The maximum absolute atomic E-state index is 11.2. The molecule has 7 heteroatoms. The summed E-state index contributed by atoms with van der Waals surface area (Å²) >= 11 is 0. The van der Waals surface area contributed by atoms with E-state index in [9.17, 15) is 9.59 Å². The summed E-state index contributed by atoms with van der Waals surface area (Å²) < 4.78 is 0. The van der Waals surface area contributed by atoms with Gasteiger partial charge in [-0.1, -0.05) is 6.92 Å². The largest absolute Gasteiger partial charge is 0.396 e. The number of aromatic nitrogens is 3.